The first-order valence-electron chi connectivity index (χ1n) is 10.9. The Morgan fingerprint density at radius 3 is 0.783 bits per heavy atom. The van der Waals surface area contributed by atoms with Gasteiger partial charge in [-0.25, -0.2) is 8.78 Å². The fraction of sp³-hybridized carbons (Fsp3) is 0.600. The van der Waals surface area contributed by atoms with Gasteiger partial charge in [-0.3, -0.25) is 9.59 Å². The van der Waals surface area contributed by atoms with Crippen molar-refractivity contribution in [1.82, 2.24) is 0 Å². The van der Waals surface area contributed by atoms with Crippen molar-refractivity contribution in [2.45, 2.75) is 70.6 Å². The number of nitrogens with one attached hydrogen (secondary N) is 2. The number of rotatable bonds is 4. The Kier molecular flexibility index (Phi) is 7.38. The molecule has 1 aromatic carbocycles. The van der Waals surface area contributed by atoms with Gasteiger partial charge in [0.15, 0.2) is 0 Å². The van der Waals surface area contributed by atoms with Gasteiger partial charge in [-0.2, -0.15) is 87.8 Å². The molecule has 0 aliphatic heterocycles. The minimum atomic E-state index is -7.78. The standard InChI is InChI=1S/C20H6F22N2O2/c21-9(11(23,24)15(31,32)19(39,40)16(33,34)12(9,25)26)7(45)43-5-2-1-3-6(4-5)44-8(46)10(22)13(27,28)17(35,36)20(41,42)18(37,38)14(10,29)30/h1-4H,(H,43,45)(H,44,46). The molecule has 2 aliphatic rings. The molecule has 0 radical (unpaired) electrons. The van der Waals surface area contributed by atoms with E-state index in [0.29, 0.717) is 10.6 Å². The van der Waals surface area contributed by atoms with Gasteiger partial charge in [-0.15, -0.1) is 0 Å². The number of halogens is 22. The van der Waals surface area contributed by atoms with Crippen LogP contribution in [-0.4, -0.2) is 82.4 Å². The predicted octanol–water partition coefficient (Wildman–Crippen LogP) is 7.36. The summed E-state index contributed by atoms with van der Waals surface area (Å²) in [4.78, 5) is 23.9. The molecule has 0 atom stereocenters. The first-order valence-corrected chi connectivity index (χ1v) is 10.9. The molecule has 0 spiro atoms. The van der Waals surface area contributed by atoms with Crippen molar-refractivity contribution in [3.05, 3.63) is 24.3 Å². The minimum Gasteiger partial charge on any atom is -0.323 e. The van der Waals surface area contributed by atoms with Crippen LogP contribution in [0.3, 0.4) is 0 Å². The molecule has 2 aliphatic carbocycles. The SMILES string of the molecule is O=C(Nc1cccc(NC(=O)C2(F)C(F)(F)C(F)(F)C(F)(F)C(F)(F)C2(F)F)c1)C1(F)C(F)(F)C(F)(F)C(F)(F)C(F)(F)C1(F)F. The van der Waals surface area contributed by atoms with Crippen molar-refractivity contribution in [1.29, 1.82) is 0 Å². The van der Waals surface area contributed by atoms with Gasteiger partial charge in [-0.05, 0) is 18.2 Å². The van der Waals surface area contributed by atoms with E-state index in [0.717, 1.165) is 0 Å². The fourth-order valence-electron chi connectivity index (χ4n) is 4.12. The van der Waals surface area contributed by atoms with Crippen LogP contribution in [0.25, 0.3) is 0 Å². The fourth-order valence-corrected chi connectivity index (χ4v) is 4.12. The van der Waals surface area contributed by atoms with E-state index in [4.69, 9.17) is 0 Å². The average Bonchev–Trinajstić information content (AvgIpc) is 2.89. The van der Waals surface area contributed by atoms with Crippen LogP contribution in [0.1, 0.15) is 0 Å². The number of amides is 2. The predicted molar refractivity (Wildman–Crippen MR) is 101 cm³/mol. The molecule has 26 heteroatoms. The third-order valence-corrected chi connectivity index (χ3v) is 6.89. The second-order valence-electron chi connectivity index (χ2n) is 9.55. The number of hydrogen-bond acceptors (Lipinski definition) is 2. The summed E-state index contributed by atoms with van der Waals surface area (Å²) in [5.74, 6) is -85.6. The maximum atomic E-state index is 14.8. The molecule has 2 N–H and O–H groups in total. The van der Waals surface area contributed by atoms with Gasteiger partial charge in [-0.1, -0.05) is 6.07 Å². The van der Waals surface area contributed by atoms with Crippen molar-refractivity contribution in [2.75, 3.05) is 10.6 Å². The summed E-state index contributed by atoms with van der Waals surface area (Å²) in [5.41, 5.74) is -18.3. The highest BCUT2D eigenvalue weighted by Crippen LogP contribution is 2.71. The molecule has 1 aromatic rings. The Morgan fingerprint density at radius 2 is 0.565 bits per heavy atom. The quantitative estimate of drug-likeness (QED) is 0.319. The van der Waals surface area contributed by atoms with Gasteiger partial charge in [0, 0.05) is 11.4 Å². The summed E-state index contributed by atoms with van der Waals surface area (Å²) in [5, 5.41) is 0.745. The normalized spacial score (nSPS) is 29.2. The molecule has 2 amide bonds. The summed E-state index contributed by atoms with van der Waals surface area (Å²) in [7, 11) is 0. The zero-order chi connectivity index (χ0) is 36.6. The smallest absolute Gasteiger partial charge is 0.323 e. The lowest BCUT2D eigenvalue weighted by Gasteiger charge is -2.51. The second kappa shape index (κ2) is 9.15. The average molecular weight is 724 g/mol. The second-order valence-corrected chi connectivity index (χ2v) is 9.55. The van der Waals surface area contributed by atoms with Gasteiger partial charge in [0.05, 0.1) is 0 Å². The molecule has 262 valence electrons. The Hall–Kier alpha value is -3.38. The summed E-state index contributed by atoms with van der Waals surface area (Å²) in [6.45, 7) is 0. The Morgan fingerprint density at radius 1 is 0.370 bits per heavy atom. The van der Waals surface area contributed by atoms with E-state index in [1.807, 2.05) is 0 Å². The molecular weight excluding hydrogens is 718 g/mol. The summed E-state index contributed by atoms with van der Waals surface area (Å²) in [6.07, 6.45) is 0. The Bertz CT molecular complexity index is 1290. The van der Waals surface area contributed by atoms with Crippen LogP contribution in [0.4, 0.5) is 108 Å². The van der Waals surface area contributed by atoms with Crippen LogP contribution in [0.5, 0.6) is 0 Å². The first-order chi connectivity index (χ1) is 20.0. The number of benzene rings is 1. The zero-order valence-corrected chi connectivity index (χ0v) is 20.4. The van der Waals surface area contributed by atoms with E-state index >= 15 is 0 Å². The molecule has 4 nitrogen and oxygen atoms in total. The summed E-state index contributed by atoms with van der Waals surface area (Å²) < 4.78 is 304. The van der Waals surface area contributed by atoms with Gasteiger partial charge in [0.25, 0.3) is 11.8 Å². The molecule has 46 heavy (non-hydrogen) atoms. The Labute approximate surface area is 236 Å². The van der Waals surface area contributed by atoms with Crippen LogP contribution in [0.2, 0.25) is 0 Å². The molecule has 2 fully saturated rings. The number of anilines is 2. The van der Waals surface area contributed by atoms with Crippen molar-refractivity contribution in [3.63, 3.8) is 0 Å². The maximum Gasteiger partial charge on any atom is 0.384 e. The van der Waals surface area contributed by atoms with Crippen LogP contribution >= 0.6 is 0 Å². The number of carbonyl (C=O) groups is 2. The van der Waals surface area contributed by atoms with Crippen LogP contribution < -0.4 is 10.6 Å². The highest BCUT2D eigenvalue weighted by molar-refractivity contribution is 6.02. The molecule has 0 bridgehead atoms. The number of hydrogen-bond donors (Lipinski definition) is 2. The lowest BCUT2D eigenvalue weighted by molar-refractivity contribution is -0.475. The zero-order valence-electron chi connectivity index (χ0n) is 20.4. The van der Waals surface area contributed by atoms with Crippen molar-refractivity contribution in [3.8, 4) is 0 Å². The topological polar surface area (TPSA) is 58.2 Å². The number of carbonyl (C=O) groups excluding carboxylic acids is 2. The Balaban J connectivity index is 2.06. The lowest BCUT2D eigenvalue weighted by atomic mass is 9.71. The van der Waals surface area contributed by atoms with Crippen LogP contribution in [-0.2, 0) is 9.59 Å². The van der Waals surface area contributed by atoms with Crippen molar-refractivity contribution < 1.29 is 106 Å². The highest BCUT2D eigenvalue weighted by Gasteiger charge is 3.04. The minimum absolute atomic E-state index is 0.0266. The van der Waals surface area contributed by atoms with Gasteiger partial charge in [0.2, 0.25) is 0 Å². The molecule has 0 saturated heterocycles. The van der Waals surface area contributed by atoms with Crippen LogP contribution in [0, 0.1) is 0 Å². The first kappa shape index (κ1) is 37.1. The van der Waals surface area contributed by atoms with E-state index in [-0.39, 0.29) is 18.2 Å². The molecule has 2 saturated carbocycles. The van der Waals surface area contributed by atoms with Crippen molar-refractivity contribution in [2.24, 2.45) is 0 Å². The number of alkyl halides is 22. The third kappa shape index (κ3) is 3.52. The summed E-state index contributed by atoms with van der Waals surface area (Å²) >= 11 is 0. The van der Waals surface area contributed by atoms with E-state index in [9.17, 15) is 106 Å². The maximum absolute atomic E-state index is 14.8. The van der Waals surface area contributed by atoms with Gasteiger partial charge in [0.1, 0.15) is 0 Å². The molecule has 3 rings (SSSR count). The van der Waals surface area contributed by atoms with Gasteiger partial charge < -0.3 is 10.6 Å². The highest BCUT2D eigenvalue weighted by atomic mass is 19.4. The van der Waals surface area contributed by atoms with E-state index in [1.165, 1.54) is 0 Å². The third-order valence-electron chi connectivity index (χ3n) is 6.89. The van der Waals surface area contributed by atoms with E-state index < -0.39 is 99.8 Å². The molecule has 0 aromatic heterocycles. The monoisotopic (exact) mass is 724 g/mol. The summed E-state index contributed by atoms with van der Waals surface area (Å²) in [6, 6.07) is -0.280. The molecule has 0 unspecified atom stereocenters. The lowest BCUT2D eigenvalue weighted by Crippen LogP contribution is -2.86. The van der Waals surface area contributed by atoms with Crippen molar-refractivity contribution >= 4 is 23.2 Å². The van der Waals surface area contributed by atoms with Gasteiger partial charge >= 0.3 is 70.6 Å². The molecular formula is C20H6F22N2O2. The van der Waals surface area contributed by atoms with E-state index in [2.05, 4.69) is 0 Å². The van der Waals surface area contributed by atoms with E-state index in [1.54, 1.807) is 0 Å². The largest absolute Gasteiger partial charge is 0.384 e. The van der Waals surface area contributed by atoms with Crippen LogP contribution in [0.15, 0.2) is 24.3 Å². The molecule has 0 heterocycles.